The molecule has 2 heteroatoms. The molecular weight excluding hydrogens is 311 g/mol. The maximum absolute atomic E-state index is 12.5. The molecule has 0 fully saturated rings. The van der Waals surface area contributed by atoms with E-state index in [4.69, 9.17) is 0 Å². The molecule has 1 nitrogen and oxygen atoms in total. The highest BCUT2D eigenvalue weighted by Crippen LogP contribution is 2.38. The van der Waals surface area contributed by atoms with Crippen LogP contribution in [0.5, 0.6) is 0 Å². The molecular formula is C22H19OP. The van der Waals surface area contributed by atoms with E-state index in [2.05, 4.69) is 66.7 Å². The van der Waals surface area contributed by atoms with Crippen LogP contribution in [0.25, 0.3) is 32.7 Å². The topological polar surface area (TPSA) is 17.1 Å². The monoisotopic (exact) mass is 330 g/mol. The fraction of sp³-hybridized carbons (Fsp3) is 0.0909. The number of rotatable bonds is 2. The summed E-state index contributed by atoms with van der Waals surface area (Å²) in [5.74, 6) is 0. The van der Waals surface area contributed by atoms with Crippen molar-refractivity contribution in [3.63, 3.8) is 0 Å². The molecule has 24 heavy (non-hydrogen) atoms. The van der Waals surface area contributed by atoms with Gasteiger partial charge in [0.2, 0.25) is 0 Å². The number of hydrogen-bond acceptors (Lipinski definition) is 1. The second kappa shape index (κ2) is 5.61. The summed E-state index contributed by atoms with van der Waals surface area (Å²) in [5, 5.41) is 5.91. The summed E-state index contributed by atoms with van der Waals surface area (Å²) in [4.78, 5) is 0. The lowest BCUT2D eigenvalue weighted by Gasteiger charge is -2.13. The first-order chi connectivity index (χ1) is 11.5. The van der Waals surface area contributed by atoms with Gasteiger partial charge in [-0.05, 0) is 58.1 Å². The zero-order valence-electron chi connectivity index (χ0n) is 13.9. The maximum atomic E-state index is 12.5. The van der Waals surface area contributed by atoms with Gasteiger partial charge in [0.05, 0.1) is 0 Å². The van der Waals surface area contributed by atoms with Gasteiger partial charge in [0.15, 0.2) is 0 Å². The van der Waals surface area contributed by atoms with Crippen LogP contribution in [0.1, 0.15) is 0 Å². The van der Waals surface area contributed by atoms with Gasteiger partial charge in [-0.25, -0.2) is 0 Å². The quantitative estimate of drug-likeness (QED) is 0.330. The van der Waals surface area contributed by atoms with Crippen LogP contribution in [0, 0.1) is 0 Å². The first-order valence-electron chi connectivity index (χ1n) is 8.10. The molecule has 0 atom stereocenters. The molecule has 0 unspecified atom stereocenters. The van der Waals surface area contributed by atoms with E-state index in [-0.39, 0.29) is 0 Å². The number of fused-ring (bicyclic) bond motifs is 3. The predicted molar refractivity (Wildman–Crippen MR) is 106 cm³/mol. The van der Waals surface area contributed by atoms with Gasteiger partial charge in [-0.1, -0.05) is 66.7 Å². The van der Waals surface area contributed by atoms with Crippen molar-refractivity contribution in [3.05, 3.63) is 78.9 Å². The summed E-state index contributed by atoms with van der Waals surface area (Å²) >= 11 is 0. The Balaban J connectivity index is 2.08. The van der Waals surface area contributed by atoms with Crippen molar-refractivity contribution in [1.82, 2.24) is 0 Å². The molecule has 0 saturated carbocycles. The van der Waals surface area contributed by atoms with Crippen molar-refractivity contribution in [1.29, 1.82) is 0 Å². The van der Waals surface area contributed by atoms with E-state index in [1.54, 1.807) is 0 Å². The van der Waals surface area contributed by atoms with Crippen LogP contribution in [-0.2, 0) is 4.57 Å². The van der Waals surface area contributed by atoms with Crippen molar-refractivity contribution in [2.75, 3.05) is 13.3 Å². The van der Waals surface area contributed by atoms with E-state index in [0.29, 0.717) is 0 Å². The lowest BCUT2D eigenvalue weighted by atomic mass is 9.93. The summed E-state index contributed by atoms with van der Waals surface area (Å²) in [5.41, 5.74) is 2.32. The van der Waals surface area contributed by atoms with Gasteiger partial charge in [-0.15, -0.1) is 0 Å². The average Bonchev–Trinajstić information content (AvgIpc) is 2.60. The molecule has 0 aliphatic rings. The van der Waals surface area contributed by atoms with Gasteiger partial charge in [0.25, 0.3) is 0 Å². The van der Waals surface area contributed by atoms with E-state index in [9.17, 15) is 4.57 Å². The number of hydrogen-bond donors (Lipinski definition) is 0. The summed E-state index contributed by atoms with van der Waals surface area (Å²) in [6.07, 6.45) is 0. The largest absolute Gasteiger partial charge is 0.319 e. The summed E-state index contributed by atoms with van der Waals surface area (Å²) in [6, 6.07) is 27.4. The van der Waals surface area contributed by atoms with E-state index in [1.807, 2.05) is 25.5 Å². The molecule has 0 aliphatic carbocycles. The third kappa shape index (κ3) is 2.56. The Morgan fingerprint density at radius 2 is 1.33 bits per heavy atom. The third-order valence-electron chi connectivity index (χ3n) is 4.55. The van der Waals surface area contributed by atoms with Crippen LogP contribution < -0.4 is 5.30 Å². The Bertz CT molecular complexity index is 1110. The Morgan fingerprint density at radius 1 is 0.667 bits per heavy atom. The molecule has 0 amide bonds. The minimum atomic E-state index is -2.27. The molecule has 0 N–H and O–H groups in total. The Hall–Kier alpha value is -2.37. The van der Waals surface area contributed by atoms with E-state index in [1.165, 1.54) is 27.1 Å². The van der Waals surface area contributed by atoms with Crippen LogP contribution in [0.15, 0.2) is 78.9 Å². The van der Waals surface area contributed by atoms with Gasteiger partial charge < -0.3 is 4.57 Å². The molecule has 0 bridgehead atoms. The highest BCUT2D eigenvalue weighted by Gasteiger charge is 2.13. The zero-order valence-corrected chi connectivity index (χ0v) is 14.8. The molecule has 4 aromatic rings. The molecule has 0 radical (unpaired) electrons. The number of benzene rings is 4. The minimum Gasteiger partial charge on any atom is -0.319 e. The van der Waals surface area contributed by atoms with Gasteiger partial charge in [0.1, 0.15) is 7.14 Å². The van der Waals surface area contributed by atoms with Crippen molar-refractivity contribution < 1.29 is 4.57 Å². The Labute approximate surface area is 142 Å². The van der Waals surface area contributed by atoms with Crippen LogP contribution >= 0.6 is 7.14 Å². The Morgan fingerprint density at radius 3 is 2.08 bits per heavy atom. The minimum absolute atomic E-state index is 0.928. The highest BCUT2D eigenvalue weighted by atomic mass is 31.2. The highest BCUT2D eigenvalue weighted by molar-refractivity contribution is 7.70. The maximum Gasteiger partial charge on any atom is 0.109 e. The zero-order chi connectivity index (χ0) is 16.7. The molecule has 0 aliphatic heterocycles. The lowest BCUT2D eigenvalue weighted by molar-refractivity contribution is 0.588. The second-order valence-electron chi connectivity index (χ2n) is 6.59. The van der Waals surface area contributed by atoms with Crippen LogP contribution in [0.4, 0.5) is 0 Å². The normalized spacial score (nSPS) is 11.9. The predicted octanol–water partition coefficient (Wildman–Crippen LogP) is 5.91. The van der Waals surface area contributed by atoms with Crippen molar-refractivity contribution in [2.24, 2.45) is 0 Å². The third-order valence-corrected chi connectivity index (χ3v) is 6.07. The van der Waals surface area contributed by atoms with Gasteiger partial charge in [-0.2, -0.15) is 0 Å². The molecule has 4 aromatic carbocycles. The SMILES string of the molecule is CP(C)(=O)c1cccc(-c2cc3ccccc3c3ccccc23)c1. The molecule has 0 heterocycles. The first-order valence-corrected chi connectivity index (χ1v) is 10.7. The van der Waals surface area contributed by atoms with Gasteiger partial charge in [0, 0.05) is 5.30 Å². The standard InChI is InChI=1S/C22H19OP/c1-24(2,23)18-10-7-9-16(14-18)22-15-17-8-3-4-11-19(17)20-12-5-6-13-21(20)22/h3-15H,1-2H3. The van der Waals surface area contributed by atoms with Gasteiger partial charge in [-0.3, -0.25) is 0 Å². The van der Waals surface area contributed by atoms with E-state index >= 15 is 0 Å². The fourth-order valence-corrected chi connectivity index (χ4v) is 4.20. The Kier molecular flexibility index (Phi) is 3.55. The average molecular weight is 330 g/mol. The molecule has 4 rings (SSSR count). The smallest absolute Gasteiger partial charge is 0.109 e. The van der Waals surface area contributed by atoms with Crippen LogP contribution in [-0.4, -0.2) is 13.3 Å². The summed E-state index contributed by atoms with van der Waals surface area (Å²) in [7, 11) is -2.27. The second-order valence-corrected chi connectivity index (χ2v) is 9.81. The lowest BCUT2D eigenvalue weighted by Crippen LogP contribution is -2.02. The molecule has 118 valence electrons. The summed E-state index contributed by atoms with van der Waals surface area (Å²) in [6.45, 7) is 3.65. The van der Waals surface area contributed by atoms with E-state index < -0.39 is 7.14 Å². The van der Waals surface area contributed by atoms with E-state index in [0.717, 1.165) is 10.9 Å². The van der Waals surface area contributed by atoms with Crippen molar-refractivity contribution in [2.45, 2.75) is 0 Å². The van der Waals surface area contributed by atoms with Crippen LogP contribution in [0.3, 0.4) is 0 Å². The fourth-order valence-electron chi connectivity index (χ4n) is 3.30. The molecule has 0 saturated heterocycles. The first kappa shape index (κ1) is 15.2. The summed E-state index contributed by atoms with van der Waals surface area (Å²) < 4.78 is 12.5. The molecule has 0 aromatic heterocycles. The van der Waals surface area contributed by atoms with Crippen molar-refractivity contribution in [3.8, 4) is 11.1 Å². The van der Waals surface area contributed by atoms with Gasteiger partial charge >= 0.3 is 0 Å². The van der Waals surface area contributed by atoms with Crippen LogP contribution in [0.2, 0.25) is 0 Å². The molecule has 0 spiro atoms. The van der Waals surface area contributed by atoms with Crippen molar-refractivity contribution >= 4 is 34.0 Å².